The Morgan fingerprint density at radius 3 is 2.29 bits per heavy atom. The molecule has 2 rings (SSSR count). The van der Waals surface area contributed by atoms with E-state index in [1.165, 1.54) is 12.1 Å². The normalized spacial score (nSPS) is 10.8. The molecule has 1 unspecified atom stereocenters. The van der Waals surface area contributed by atoms with E-state index in [0.29, 0.717) is 16.8 Å². The molecule has 142 valence electrons. The van der Waals surface area contributed by atoms with Crippen molar-refractivity contribution < 1.29 is 14.7 Å². The van der Waals surface area contributed by atoms with Crippen LogP contribution >= 0.6 is 0 Å². The van der Waals surface area contributed by atoms with Gasteiger partial charge in [-0.1, -0.05) is 12.1 Å². The molecule has 0 radical (unpaired) electrons. The molecule has 0 heterocycles. The molecule has 28 heavy (non-hydrogen) atoms. The number of phenols is 1. The van der Waals surface area contributed by atoms with Crippen molar-refractivity contribution in [3.05, 3.63) is 59.7 Å². The van der Waals surface area contributed by atoms with Crippen LogP contribution in [0.15, 0.2) is 48.5 Å². The summed E-state index contributed by atoms with van der Waals surface area (Å²) >= 11 is 0. The van der Waals surface area contributed by atoms with Gasteiger partial charge in [-0.2, -0.15) is 10.5 Å². The standard InChI is InChI=1S/C20H19N5O3/c1-2-25(13-22)19(27)18(11-14-5-9-17(26)10-6-14)24-20(28)23-16-7-3-15(12-21)4-8-16/h3-10,18,26H,2,11H2,1H3,(H2,23,24,28). The molecule has 0 aliphatic carbocycles. The Morgan fingerprint density at radius 2 is 1.75 bits per heavy atom. The number of nitriles is 2. The zero-order chi connectivity index (χ0) is 20.5. The van der Waals surface area contributed by atoms with Gasteiger partial charge in [0.25, 0.3) is 5.91 Å². The molecular weight excluding hydrogens is 358 g/mol. The molecule has 0 aliphatic heterocycles. The van der Waals surface area contributed by atoms with E-state index in [1.54, 1.807) is 49.5 Å². The van der Waals surface area contributed by atoms with Crippen LogP contribution in [0, 0.1) is 22.8 Å². The summed E-state index contributed by atoms with van der Waals surface area (Å²) in [5, 5.41) is 32.5. The summed E-state index contributed by atoms with van der Waals surface area (Å²) in [7, 11) is 0. The zero-order valence-corrected chi connectivity index (χ0v) is 15.2. The number of rotatable bonds is 6. The molecule has 0 bridgehead atoms. The van der Waals surface area contributed by atoms with Gasteiger partial charge in [0.15, 0.2) is 6.19 Å². The maximum Gasteiger partial charge on any atom is 0.319 e. The number of carbonyl (C=O) groups is 2. The minimum absolute atomic E-state index is 0.0883. The van der Waals surface area contributed by atoms with Gasteiger partial charge in [0.05, 0.1) is 11.6 Å². The predicted octanol–water partition coefficient (Wildman–Crippen LogP) is 2.33. The Balaban J connectivity index is 2.14. The second kappa shape index (κ2) is 9.60. The number of hydrogen-bond donors (Lipinski definition) is 3. The largest absolute Gasteiger partial charge is 0.508 e. The molecule has 0 spiro atoms. The van der Waals surface area contributed by atoms with Gasteiger partial charge in [-0.3, -0.25) is 4.79 Å². The zero-order valence-electron chi connectivity index (χ0n) is 15.2. The number of phenolic OH excluding ortho intramolecular Hbond substituents is 1. The number of likely N-dealkylation sites (N-methyl/N-ethyl adjacent to an activating group) is 1. The number of nitrogens with zero attached hydrogens (tertiary/aromatic N) is 3. The number of aromatic hydroxyl groups is 1. The molecular formula is C20H19N5O3. The fourth-order valence-corrected chi connectivity index (χ4v) is 2.49. The van der Waals surface area contributed by atoms with Gasteiger partial charge in [0.2, 0.25) is 0 Å². The lowest BCUT2D eigenvalue weighted by Crippen LogP contribution is -2.49. The molecule has 0 saturated carbocycles. The van der Waals surface area contributed by atoms with Crippen molar-refractivity contribution >= 4 is 17.6 Å². The van der Waals surface area contributed by atoms with Gasteiger partial charge in [-0.05, 0) is 48.9 Å². The molecule has 0 aliphatic rings. The fourth-order valence-electron chi connectivity index (χ4n) is 2.49. The molecule has 3 amide bonds. The summed E-state index contributed by atoms with van der Waals surface area (Å²) in [4.78, 5) is 25.9. The van der Waals surface area contributed by atoms with Gasteiger partial charge in [-0.25, -0.2) is 9.69 Å². The third-order valence-electron chi connectivity index (χ3n) is 3.95. The number of amides is 3. The second-order valence-electron chi connectivity index (χ2n) is 5.89. The predicted molar refractivity (Wildman–Crippen MR) is 102 cm³/mol. The van der Waals surface area contributed by atoms with Crippen LogP contribution in [0.25, 0.3) is 0 Å². The third-order valence-corrected chi connectivity index (χ3v) is 3.95. The van der Waals surface area contributed by atoms with Crippen LogP contribution in [-0.4, -0.2) is 34.5 Å². The van der Waals surface area contributed by atoms with Crippen molar-refractivity contribution in [2.45, 2.75) is 19.4 Å². The molecule has 3 N–H and O–H groups in total. The van der Waals surface area contributed by atoms with Crippen LogP contribution < -0.4 is 10.6 Å². The summed E-state index contributed by atoms with van der Waals surface area (Å²) in [6, 6.07) is 12.9. The van der Waals surface area contributed by atoms with Crippen molar-refractivity contribution in [1.29, 1.82) is 10.5 Å². The Kier molecular flexibility index (Phi) is 6.95. The number of benzene rings is 2. The number of anilines is 1. The highest BCUT2D eigenvalue weighted by Gasteiger charge is 2.26. The Morgan fingerprint density at radius 1 is 1.11 bits per heavy atom. The molecule has 0 aromatic heterocycles. The molecule has 0 saturated heterocycles. The average Bonchev–Trinajstić information content (AvgIpc) is 2.70. The lowest BCUT2D eigenvalue weighted by molar-refractivity contribution is -0.129. The maximum absolute atomic E-state index is 12.6. The van der Waals surface area contributed by atoms with Gasteiger partial charge in [0.1, 0.15) is 11.8 Å². The Hall–Kier alpha value is -4.04. The van der Waals surface area contributed by atoms with E-state index < -0.39 is 18.0 Å². The smallest absolute Gasteiger partial charge is 0.319 e. The van der Waals surface area contributed by atoms with Crippen LogP contribution in [0.4, 0.5) is 10.5 Å². The van der Waals surface area contributed by atoms with E-state index in [4.69, 9.17) is 10.5 Å². The summed E-state index contributed by atoms with van der Waals surface area (Å²) in [6.45, 7) is 1.84. The molecule has 1 atom stereocenters. The van der Waals surface area contributed by atoms with Crippen molar-refractivity contribution in [3.63, 3.8) is 0 Å². The first-order valence-corrected chi connectivity index (χ1v) is 8.53. The maximum atomic E-state index is 12.6. The van der Waals surface area contributed by atoms with E-state index in [-0.39, 0.29) is 18.7 Å². The van der Waals surface area contributed by atoms with E-state index in [2.05, 4.69) is 10.6 Å². The number of urea groups is 1. The second-order valence-corrected chi connectivity index (χ2v) is 5.89. The lowest BCUT2D eigenvalue weighted by atomic mass is 10.0. The molecule has 2 aromatic carbocycles. The molecule has 0 fully saturated rings. The van der Waals surface area contributed by atoms with E-state index >= 15 is 0 Å². The van der Waals surface area contributed by atoms with E-state index in [1.807, 2.05) is 6.07 Å². The van der Waals surface area contributed by atoms with Gasteiger partial charge < -0.3 is 15.7 Å². The first kappa shape index (κ1) is 20.3. The summed E-state index contributed by atoms with van der Waals surface area (Å²) < 4.78 is 0. The summed E-state index contributed by atoms with van der Waals surface area (Å²) in [6.07, 6.45) is 1.95. The minimum atomic E-state index is -0.970. The quantitative estimate of drug-likeness (QED) is 0.525. The lowest BCUT2D eigenvalue weighted by Gasteiger charge is -2.22. The van der Waals surface area contributed by atoms with Gasteiger partial charge >= 0.3 is 6.03 Å². The van der Waals surface area contributed by atoms with Crippen LogP contribution in [0.1, 0.15) is 18.1 Å². The molecule has 8 nitrogen and oxygen atoms in total. The number of nitrogens with one attached hydrogen (secondary N) is 2. The summed E-state index contributed by atoms with van der Waals surface area (Å²) in [5.74, 6) is -0.446. The number of hydrogen-bond acceptors (Lipinski definition) is 5. The first-order chi connectivity index (χ1) is 13.5. The van der Waals surface area contributed by atoms with E-state index in [9.17, 15) is 14.7 Å². The van der Waals surface area contributed by atoms with Gasteiger partial charge in [0, 0.05) is 18.7 Å². The molecule has 8 heteroatoms. The Bertz CT molecular complexity index is 911. The van der Waals surface area contributed by atoms with Crippen LogP contribution in [-0.2, 0) is 11.2 Å². The SMILES string of the molecule is CCN(C#N)C(=O)C(Cc1ccc(O)cc1)NC(=O)Nc1ccc(C#N)cc1. The van der Waals surface area contributed by atoms with Crippen molar-refractivity contribution in [1.82, 2.24) is 10.2 Å². The third kappa shape index (κ3) is 5.48. The van der Waals surface area contributed by atoms with Crippen molar-refractivity contribution in [3.8, 4) is 18.0 Å². The highest BCUT2D eigenvalue weighted by atomic mass is 16.3. The van der Waals surface area contributed by atoms with Crippen LogP contribution in [0.3, 0.4) is 0 Å². The van der Waals surface area contributed by atoms with Crippen LogP contribution in [0.5, 0.6) is 5.75 Å². The summed E-state index contributed by atoms with van der Waals surface area (Å²) in [5.41, 5.74) is 1.63. The fraction of sp³-hybridized carbons (Fsp3) is 0.200. The van der Waals surface area contributed by atoms with Gasteiger partial charge in [-0.15, -0.1) is 0 Å². The number of carbonyl (C=O) groups excluding carboxylic acids is 2. The van der Waals surface area contributed by atoms with Crippen LogP contribution in [0.2, 0.25) is 0 Å². The Labute approximate surface area is 162 Å². The van der Waals surface area contributed by atoms with Crippen molar-refractivity contribution in [2.75, 3.05) is 11.9 Å². The topological polar surface area (TPSA) is 129 Å². The van der Waals surface area contributed by atoms with Crippen molar-refractivity contribution in [2.24, 2.45) is 0 Å². The molecule has 2 aromatic rings. The first-order valence-electron chi connectivity index (χ1n) is 8.53. The highest BCUT2D eigenvalue weighted by molar-refractivity contribution is 5.94. The minimum Gasteiger partial charge on any atom is -0.508 e. The average molecular weight is 377 g/mol. The highest BCUT2D eigenvalue weighted by Crippen LogP contribution is 2.13. The monoisotopic (exact) mass is 377 g/mol. The van der Waals surface area contributed by atoms with E-state index in [0.717, 1.165) is 4.90 Å².